The molecule has 0 bridgehead atoms. The van der Waals surface area contributed by atoms with Crippen LogP contribution in [0.4, 0.5) is 10.5 Å². The highest BCUT2D eigenvalue weighted by Gasteiger charge is 2.44. The second kappa shape index (κ2) is 9.34. The Morgan fingerprint density at radius 1 is 1.11 bits per heavy atom. The third-order valence-corrected chi connectivity index (χ3v) is 8.74. The average Bonchev–Trinajstić information content (AvgIpc) is 3.11. The highest BCUT2D eigenvalue weighted by Crippen LogP contribution is 2.51. The lowest BCUT2D eigenvalue weighted by atomic mass is 9.73. The van der Waals surface area contributed by atoms with Gasteiger partial charge < -0.3 is 15.5 Å². The predicted molar refractivity (Wildman–Crippen MR) is 139 cm³/mol. The number of Topliss-reactive ketones (excluding diaryl/α,β-unsaturated/α-hetero) is 1. The summed E-state index contributed by atoms with van der Waals surface area (Å²) in [4.78, 5) is 40.3. The van der Waals surface area contributed by atoms with Crippen LogP contribution in [0, 0.1) is 6.92 Å². The molecule has 2 unspecified atom stereocenters. The molecule has 2 N–H and O–H groups in total. The van der Waals surface area contributed by atoms with Gasteiger partial charge in [-0.15, -0.1) is 11.8 Å². The van der Waals surface area contributed by atoms with Crippen molar-refractivity contribution in [2.45, 2.75) is 68.2 Å². The minimum atomic E-state index is -0.413. The lowest BCUT2D eigenvalue weighted by Crippen LogP contribution is -2.48. The van der Waals surface area contributed by atoms with Crippen molar-refractivity contribution in [1.29, 1.82) is 0 Å². The van der Waals surface area contributed by atoms with E-state index in [2.05, 4.69) is 42.7 Å². The van der Waals surface area contributed by atoms with Gasteiger partial charge in [0.05, 0.1) is 6.04 Å². The summed E-state index contributed by atoms with van der Waals surface area (Å²) in [7, 11) is 0. The molecular weight excluding hydrogens is 458 g/mol. The van der Waals surface area contributed by atoms with Crippen molar-refractivity contribution in [2.75, 3.05) is 24.7 Å². The number of hydrogen-bond acceptors (Lipinski definition) is 4. The van der Waals surface area contributed by atoms with Crippen molar-refractivity contribution < 1.29 is 14.4 Å². The Hall–Kier alpha value is -2.80. The van der Waals surface area contributed by atoms with E-state index in [1.807, 2.05) is 23.3 Å². The summed E-state index contributed by atoms with van der Waals surface area (Å²) in [6.45, 7) is 5.94. The summed E-state index contributed by atoms with van der Waals surface area (Å²) in [6, 6.07) is 11.5. The smallest absolute Gasteiger partial charge is 0.319 e. The predicted octanol–water partition coefficient (Wildman–Crippen LogP) is 5.25. The van der Waals surface area contributed by atoms with Crippen molar-refractivity contribution >= 4 is 35.2 Å². The van der Waals surface area contributed by atoms with Gasteiger partial charge in [0.1, 0.15) is 0 Å². The van der Waals surface area contributed by atoms with Crippen LogP contribution < -0.4 is 10.6 Å². The lowest BCUT2D eigenvalue weighted by molar-refractivity contribution is -0.126. The number of aryl methyl sites for hydroxylation is 1. The van der Waals surface area contributed by atoms with Crippen molar-refractivity contribution in [3.63, 3.8) is 0 Å². The first-order valence-corrected chi connectivity index (χ1v) is 13.7. The summed E-state index contributed by atoms with van der Waals surface area (Å²) >= 11 is 1.53. The van der Waals surface area contributed by atoms with E-state index in [1.165, 1.54) is 28.5 Å². The van der Waals surface area contributed by atoms with Gasteiger partial charge in [0, 0.05) is 35.7 Å². The second-order valence-corrected chi connectivity index (χ2v) is 11.3. The Bertz CT molecular complexity index is 1190. The number of anilines is 1. The minimum Gasteiger partial charge on any atom is -0.339 e. The van der Waals surface area contributed by atoms with Crippen LogP contribution in [0.1, 0.15) is 72.0 Å². The van der Waals surface area contributed by atoms with E-state index >= 15 is 0 Å². The fourth-order valence-corrected chi connectivity index (χ4v) is 6.45. The van der Waals surface area contributed by atoms with Crippen LogP contribution in [0.5, 0.6) is 0 Å². The molecule has 3 amide bonds. The van der Waals surface area contributed by atoms with Gasteiger partial charge in [-0.1, -0.05) is 30.7 Å². The molecule has 2 aliphatic carbocycles. The monoisotopic (exact) mass is 491 g/mol. The highest BCUT2D eigenvalue weighted by molar-refractivity contribution is 7.98. The van der Waals surface area contributed by atoms with E-state index in [4.69, 9.17) is 0 Å². The van der Waals surface area contributed by atoms with Gasteiger partial charge in [0.2, 0.25) is 0 Å². The Kier molecular flexibility index (Phi) is 6.38. The zero-order valence-electron chi connectivity index (χ0n) is 20.6. The molecule has 5 rings (SSSR count). The molecule has 184 valence electrons. The molecule has 7 heteroatoms. The number of urea groups is 1. The number of nitrogens with one attached hydrogen (secondary N) is 2. The maximum atomic E-state index is 13.5. The van der Waals surface area contributed by atoms with Gasteiger partial charge >= 0.3 is 6.03 Å². The number of likely N-dealkylation sites (tertiary alicyclic amines) is 1. The van der Waals surface area contributed by atoms with E-state index < -0.39 is 12.1 Å². The van der Waals surface area contributed by atoms with Gasteiger partial charge in [-0.25, -0.2) is 4.79 Å². The number of carbonyl (C=O) groups is 3. The third kappa shape index (κ3) is 4.58. The molecule has 1 saturated heterocycles. The molecule has 1 spiro atoms. The number of fused-ring (bicyclic) bond motifs is 2. The summed E-state index contributed by atoms with van der Waals surface area (Å²) in [5.74, 6) is 0.621. The number of ketones is 1. The zero-order valence-corrected chi connectivity index (χ0v) is 21.5. The largest absolute Gasteiger partial charge is 0.339 e. The van der Waals surface area contributed by atoms with E-state index in [1.54, 1.807) is 6.07 Å². The first-order valence-electron chi connectivity index (χ1n) is 12.5. The molecule has 6 nitrogen and oxygen atoms in total. The second-order valence-electron chi connectivity index (χ2n) is 10.4. The minimum absolute atomic E-state index is 0.00360. The number of nitrogens with zero attached hydrogens (tertiary/aromatic N) is 1. The van der Waals surface area contributed by atoms with E-state index in [0.29, 0.717) is 30.0 Å². The Morgan fingerprint density at radius 2 is 1.89 bits per heavy atom. The Balaban J connectivity index is 1.29. The first kappa shape index (κ1) is 23.9. The van der Waals surface area contributed by atoms with E-state index in [9.17, 15) is 14.4 Å². The fraction of sp³-hybridized carbons (Fsp3) is 0.464. The molecule has 0 aromatic heterocycles. The summed E-state index contributed by atoms with van der Waals surface area (Å²) in [5.41, 5.74) is 5.58. The van der Waals surface area contributed by atoms with Crippen LogP contribution in [0.25, 0.3) is 0 Å². The molecular formula is C28H33N3O3S. The number of benzene rings is 2. The number of piperidine rings is 1. The van der Waals surface area contributed by atoms with Gasteiger partial charge in [0.15, 0.2) is 5.78 Å². The topological polar surface area (TPSA) is 78.5 Å². The van der Waals surface area contributed by atoms with Crippen molar-refractivity contribution in [1.82, 2.24) is 10.2 Å². The highest BCUT2D eigenvalue weighted by atomic mass is 32.2. The van der Waals surface area contributed by atoms with Crippen molar-refractivity contribution in [3.8, 4) is 0 Å². The molecule has 2 fully saturated rings. The van der Waals surface area contributed by atoms with Crippen molar-refractivity contribution in [3.05, 3.63) is 58.7 Å². The average molecular weight is 492 g/mol. The normalized spacial score (nSPS) is 22.5. The van der Waals surface area contributed by atoms with E-state index in [0.717, 1.165) is 37.2 Å². The van der Waals surface area contributed by atoms with E-state index in [-0.39, 0.29) is 17.1 Å². The molecule has 0 radical (unpaired) electrons. The molecule has 1 aliphatic heterocycles. The Labute approximate surface area is 211 Å². The van der Waals surface area contributed by atoms with Crippen LogP contribution in [0.15, 0.2) is 41.3 Å². The zero-order chi connectivity index (χ0) is 24.7. The maximum Gasteiger partial charge on any atom is 0.319 e. The molecule has 2 atom stereocenters. The maximum absolute atomic E-state index is 13.5. The number of carbonyl (C=O) groups excluding carboxylic acids is 3. The lowest BCUT2D eigenvalue weighted by Gasteiger charge is -2.40. The first-order chi connectivity index (χ1) is 16.8. The number of thioether (sulfide) groups is 1. The van der Waals surface area contributed by atoms with Crippen LogP contribution in [-0.4, -0.2) is 48.0 Å². The summed E-state index contributed by atoms with van der Waals surface area (Å²) in [6.07, 6.45) is 6.26. The third-order valence-electron chi connectivity index (χ3n) is 8.04. The number of amides is 3. The van der Waals surface area contributed by atoms with Gasteiger partial charge in [0.25, 0.3) is 5.91 Å². The summed E-state index contributed by atoms with van der Waals surface area (Å²) < 4.78 is 0. The van der Waals surface area contributed by atoms with Gasteiger partial charge in [-0.2, -0.15) is 0 Å². The SMILES string of the molecule is CSc1cc(NC(=O)NC2CCC2=O)cc(C(=O)N2CCC3(CC2)CC(C)c2ccc(C)cc23)c1. The number of rotatable bonds is 4. The molecule has 35 heavy (non-hydrogen) atoms. The van der Waals surface area contributed by atoms with Crippen molar-refractivity contribution in [2.24, 2.45) is 0 Å². The molecule has 1 heterocycles. The molecule has 1 saturated carbocycles. The van der Waals surface area contributed by atoms with Crippen LogP contribution in [0.3, 0.4) is 0 Å². The van der Waals surface area contributed by atoms with Crippen LogP contribution >= 0.6 is 11.8 Å². The molecule has 2 aromatic rings. The van der Waals surface area contributed by atoms with Gasteiger partial charge in [-0.3, -0.25) is 9.59 Å². The van der Waals surface area contributed by atoms with Gasteiger partial charge in [-0.05, 0) is 79.5 Å². The quantitative estimate of drug-likeness (QED) is 0.573. The summed E-state index contributed by atoms with van der Waals surface area (Å²) in [5, 5.41) is 5.51. The standard InChI is InChI=1S/C28H33N3O3S/c1-17-4-5-22-18(2)16-28(23(22)12-17)8-10-31(11-9-28)26(33)19-13-20(15-21(14-19)35-3)29-27(34)30-24-6-7-25(24)32/h4-5,12-15,18,24H,6-11,16H2,1-3H3,(H2,29,30,34). The molecule has 3 aliphatic rings. The van der Waals surface area contributed by atoms with Crippen LogP contribution in [-0.2, 0) is 10.2 Å². The molecule has 2 aromatic carbocycles. The fourth-order valence-electron chi connectivity index (χ4n) is 5.96. The number of hydrogen-bond donors (Lipinski definition) is 2. The Morgan fingerprint density at radius 3 is 2.54 bits per heavy atom. The van der Waals surface area contributed by atoms with Crippen LogP contribution in [0.2, 0.25) is 0 Å².